The van der Waals surface area contributed by atoms with E-state index in [1.54, 1.807) is 24.5 Å². The first-order valence-corrected chi connectivity index (χ1v) is 37.1. The Labute approximate surface area is 597 Å². The van der Waals surface area contributed by atoms with Crippen molar-refractivity contribution in [1.82, 2.24) is 4.98 Å². The van der Waals surface area contributed by atoms with E-state index in [4.69, 9.17) is 30.0 Å². The summed E-state index contributed by atoms with van der Waals surface area (Å²) in [7, 11) is -1.82. The minimum Gasteiger partial charge on any atom is -0.497 e. The van der Waals surface area contributed by atoms with Gasteiger partial charge >= 0.3 is 16.3 Å². The van der Waals surface area contributed by atoms with Gasteiger partial charge in [0, 0.05) is 10.4 Å². The quantitative estimate of drug-likeness (QED) is 0.0891. The summed E-state index contributed by atoms with van der Waals surface area (Å²) in [5.41, 5.74) is 10.3. The summed E-state index contributed by atoms with van der Waals surface area (Å²) in [6.07, 6.45) is -1.08. The smallest absolute Gasteiger partial charge is 0.416 e. The van der Waals surface area contributed by atoms with Crippen LogP contribution in [0.5, 0.6) is 23.0 Å². The van der Waals surface area contributed by atoms with Gasteiger partial charge in [0.2, 0.25) is 0 Å². The summed E-state index contributed by atoms with van der Waals surface area (Å²) in [4.78, 5) is 4.33. The molecule has 0 aliphatic rings. The molecule has 0 aliphatic carbocycles. The van der Waals surface area contributed by atoms with Crippen molar-refractivity contribution in [3.05, 3.63) is 244 Å². The van der Waals surface area contributed by atoms with Crippen LogP contribution in [0, 0.1) is 6.92 Å². The molecule has 522 valence electrons. The number of halogens is 6. The standard InChI is InChI=1S/C12H18O.C11H16O.C11H14.C10H12Br2O3S.C10H11F3.C10H14O.C9H11Cl.C7H11NS/c1-9(2)11-6-5-7-12(8-11)13-10(3)4;1-4-12-11-7-5-6-10(8-11)9(2)3;1-4-10-6-5-7-11(8-10)9(2)3;1-6(2)7-4-8(11)10(9(12)5-7)15-16(3,13)14;1-7(2)8-4-3-5-9(6-8)10(11,12)13;1-8(2)9-5-4-6-10(7-9)11-3;1-7(2)8-4-3-5-9(10)6-8;1-5(2)7-4-9-6(3)8-7/h5-10H,1-4H3;5-9H,4H2,1-3H3;4-9H,1H2,2-3H3;4-6H,1-3H3;3-7H,1-2H3;4-8H,1-3H3;3-7H,1-2H3;4-5H,1-3H3. The van der Waals surface area contributed by atoms with Crippen LogP contribution in [0.25, 0.3) is 6.08 Å². The van der Waals surface area contributed by atoms with Gasteiger partial charge in [0.25, 0.3) is 0 Å². The summed E-state index contributed by atoms with van der Waals surface area (Å²) in [6, 6.07) is 50.4. The van der Waals surface area contributed by atoms with E-state index in [2.05, 4.69) is 212 Å². The van der Waals surface area contributed by atoms with Crippen LogP contribution in [0.1, 0.15) is 240 Å². The molecule has 0 spiro atoms. The molecule has 0 aliphatic heterocycles. The fourth-order valence-electron chi connectivity index (χ4n) is 8.12. The summed E-state index contributed by atoms with van der Waals surface area (Å²) in [6.45, 7) is 46.6. The van der Waals surface area contributed by atoms with Gasteiger partial charge in [-0.3, -0.25) is 0 Å². The van der Waals surface area contributed by atoms with E-state index >= 15 is 0 Å². The summed E-state index contributed by atoms with van der Waals surface area (Å²) >= 11 is 14.1. The van der Waals surface area contributed by atoms with Crippen molar-refractivity contribution in [3.63, 3.8) is 0 Å². The Kier molecular flexibility index (Phi) is 41.1. The first-order chi connectivity index (χ1) is 44.3. The van der Waals surface area contributed by atoms with Crippen LogP contribution in [-0.4, -0.2) is 39.5 Å². The first-order valence-electron chi connectivity index (χ1n) is 32.4. The Hall–Kier alpha value is -5.90. The highest BCUT2D eigenvalue weighted by molar-refractivity contribution is 9.11. The Balaban J connectivity index is 0.000000545. The Bertz CT molecular complexity index is 3560. The third kappa shape index (κ3) is 36.9. The van der Waals surface area contributed by atoms with Gasteiger partial charge in [-0.15, -0.1) is 11.3 Å². The molecule has 0 amide bonds. The van der Waals surface area contributed by atoms with Crippen LogP contribution in [0.4, 0.5) is 13.2 Å². The number of ether oxygens (including phenoxy) is 3. The average molecular weight is 1500 g/mol. The van der Waals surface area contributed by atoms with E-state index < -0.39 is 21.9 Å². The zero-order chi connectivity index (χ0) is 72.3. The highest BCUT2D eigenvalue weighted by atomic mass is 79.9. The van der Waals surface area contributed by atoms with Gasteiger partial charge in [0.1, 0.15) is 17.2 Å². The molecule has 8 rings (SSSR count). The molecule has 0 radical (unpaired) electrons. The molecule has 1 aromatic heterocycles. The van der Waals surface area contributed by atoms with E-state index in [1.165, 1.54) is 56.2 Å². The van der Waals surface area contributed by atoms with Crippen molar-refractivity contribution < 1.29 is 40.0 Å². The topological polar surface area (TPSA) is 84.0 Å². The lowest BCUT2D eigenvalue weighted by atomic mass is 10.0. The van der Waals surface area contributed by atoms with Gasteiger partial charge in [-0.2, -0.15) is 21.6 Å². The van der Waals surface area contributed by atoms with E-state index in [0.717, 1.165) is 52.3 Å². The number of aryl methyl sites for hydroxylation is 1. The third-order valence-electron chi connectivity index (χ3n) is 13.9. The highest BCUT2D eigenvalue weighted by Gasteiger charge is 2.30. The van der Waals surface area contributed by atoms with Crippen LogP contribution in [0.3, 0.4) is 0 Å². The molecule has 0 N–H and O–H groups in total. The van der Waals surface area contributed by atoms with Crippen molar-refractivity contribution in [2.45, 2.75) is 198 Å². The van der Waals surface area contributed by atoms with Gasteiger partial charge in [-0.25, -0.2) is 4.98 Å². The van der Waals surface area contributed by atoms with Crippen molar-refractivity contribution in [2.75, 3.05) is 20.0 Å². The molecule has 0 bridgehead atoms. The molecule has 95 heavy (non-hydrogen) atoms. The molecular weight excluding hydrogens is 1390 g/mol. The van der Waals surface area contributed by atoms with Crippen molar-refractivity contribution in [1.29, 1.82) is 0 Å². The zero-order valence-electron chi connectivity index (χ0n) is 60.3. The number of thiazole rings is 1. The van der Waals surface area contributed by atoms with Gasteiger partial charge < -0.3 is 18.4 Å². The molecule has 0 unspecified atom stereocenters. The normalized spacial score (nSPS) is 10.9. The van der Waals surface area contributed by atoms with Crippen LogP contribution in [-0.2, 0) is 16.3 Å². The summed E-state index contributed by atoms with van der Waals surface area (Å²) in [5, 5.41) is 4.12. The largest absolute Gasteiger partial charge is 0.497 e. The molecule has 8 aromatic rings. The van der Waals surface area contributed by atoms with E-state index in [9.17, 15) is 21.6 Å². The van der Waals surface area contributed by atoms with E-state index in [-0.39, 0.29) is 17.8 Å². The molecule has 0 atom stereocenters. The number of alkyl halides is 3. The number of methoxy groups -OCH3 is 1. The molecule has 7 aromatic carbocycles. The number of benzene rings is 7. The van der Waals surface area contributed by atoms with Gasteiger partial charge in [0.05, 0.1) is 51.3 Å². The lowest BCUT2D eigenvalue weighted by molar-refractivity contribution is -0.137. The zero-order valence-corrected chi connectivity index (χ0v) is 65.8. The fraction of sp³-hybridized carbons (Fsp3) is 0.412. The highest BCUT2D eigenvalue weighted by Crippen LogP contribution is 2.38. The predicted octanol–water partition coefficient (Wildman–Crippen LogP) is 26.6. The molecular formula is C80H107Br2ClF3NO6S2. The minimum atomic E-state index is -4.23. The van der Waals surface area contributed by atoms with Crippen LogP contribution in [0.2, 0.25) is 5.02 Å². The maximum absolute atomic E-state index is 12.2. The van der Waals surface area contributed by atoms with E-state index in [0.29, 0.717) is 50.4 Å². The minimum absolute atomic E-state index is 0.127. The van der Waals surface area contributed by atoms with Gasteiger partial charge in [-0.1, -0.05) is 226 Å². The second-order valence-corrected chi connectivity index (χ2v) is 30.0. The van der Waals surface area contributed by atoms with Crippen molar-refractivity contribution >= 4 is 71.0 Å². The molecule has 1 heterocycles. The number of rotatable bonds is 16. The maximum atomic E-state index is 12.2. The number of hydrogen-bond acceptors (Lipinski definition) is 8. The number of nitrogens with zero attached hydrogens (tertiary/aromatic N) is 1. The Morgan fingerprint density at radius 3 is 1.28 bits per heavy atom. The number of hydrogen-bond donors (Lipinski definition) is 0. The van der Waals surface area contributed by atoms with Crippen molar-refractivity contribution in [3.8, 4) is 23.0 Å². The number of aromatic nitrogens is 1. The van der Waals surface area contributed by atoms with Crippen LogP contribution < -0.4 is 18.4 Å². The van der Waals surface area contributed by atoms with E-state index in [1.807, 2.05) is 114 Å². The molecule has 7 nitrogen and oxygen atoms in total. The molecule has 0 fully saturated rings. The van der Waals surface area contributed by atoms with Gasteiger partial charge in [0.15, 0.2) is 5.75 Å². The van der Waals surface area contributed by atoms with Crippen LogP contribution >= 0.6 is 54.8 Å². The lowest BCUT2D eigenvalue weighted by Crippen LogP contribution is -2.07. The predicted molar refractivity (Wildman–Crippen MR) is 409 cm³/mol. The fourth-order valence-corrected chi connectivity index (χ4v) is 11.2. The molecule has 15 heteroatoms. The summed E-state index contributed by atoms with van der Waals surface area (Å²) < 4.78 is 81.0. The summed E-state index contributed by atoms with van der Waals surface area (Å²) in [5.74, 6) is 7.13. The lowest BCUT2D eigenvalue weighted by Gasteiger charge is -2.12. The third-order valence-corrected chi connectivity index (χ3v) is 16.5. The van der Waals surface area contributed by atoms with Crippen molar-refractivity contribution in [2.24, 2.45) is 0 Å². The molecule has 0 saturated heterocycles. The Morgan fingerprint density at radius 2 is 0.926 bits per heavy atom. The SMILES string of the molecule is C=Cc1cccc(C(C)C)c1.CC(C)Oc1cccc(C(C)C)c1.CC(C)c1cc(Br)c(OS(C)(=O)=O)c(Br)c1.CC(C)c1cccc(C(F)(F)F)c1.CC(C)c1cccc(Cl)c1.CCOc1cccc(C(C)C)c1.COc1cccc(C(C)C)c1.Cc1nc(C(C)C)cs1. The second kappa shape index (κ2) is 44.8. The first kappa shape index (κ1) is 87.1. The maximum Gasteiger partial charge on any atom is 0.416 e. The Morgan fingerprint density at radius 1 is 0.537 bits per heavy atom. The van der Waals surface area contributed by atoms with Crippen LogP contribution in [0.15, 0.2) is 179 Å². The second-order valence-electron chi connectivity index (χ2n) is 25.2. The molecule has 0 saturated carbocycles. The van der Waals surface area contributed by atoms with Gasteiger partial charge in [-0.05, 0) is 218 Å². The monoisotopic (exact) mass is 1490 g/mol. The average Bonchev–Trinajstić information content (AvgIpc) is 1.77.